The molecule has 18 heavy (non-hydrogen) atoms. The van der Waals surface area contributed by atoms with Gasteiger partial charge in [-0.2, -0.15) is 0 Å². The number of hydrogen-bond donors (Lipinski definition) is 0. The summed E-state index contributed by atoms with van der Waals surface area (Å²) in [5.74, 6) is 0.157. The molecule has 102 valence electrons. The van der Waals surface area contributed by atoms with Gasteiger partial charge >= 0.3 is 0 Å². The minimum atomic E-state index is -0.627. The van der Waals surface area contributed by atoms with Crippen molar-refractivity contribution in [3.63, 3.8) is 0 Å². The second-order valence-electron chi connectivity index (χ2n) is 4.99. The van der Waals surface area contributed by atoms with E-state index in [1.165, 1.54) is 11.8 Å². The Hall–Kier alpha value is 0.0800. The van der Waals surface area contributed by atoms with Gasteiger partial charge in [0.25, 0.3) is 0 Å². The van der Waals surface area contributed by atoms with E-state index < -0.39 is 12.1 Å². The Morgan fingerprint density at radius 1 is 1.33 bits per heavy atom. The number of thiocarbonyl (C=S) groups is 1. The Balaban J connectivity index is 1.74. The Labute approximate surface area is 115 Å². The average Bonchev–Trinajstić information content (AvgIpc) is 2.89. The first-order chi connectivity index (χ1) is 8.50. The Kier molecular flexibility index (Phi) is 3.32. The molecule has 0 aromatic heterocycles. The third kappa shape index (κ3) is 2.17. The van der Waals surface area contributed by atoms with Gasteiger partial charge in [-0.05, 0) is 26.1 Å². The summed E-state index contributed by atoms with van der Waals surface area (Å²) in [5, 5.41) is 0. The molecule has 0 radical (unpaired) electrons. The zero-order chi connectivity index (χ0) is 12.9. The second kappa shape index (κ2) is 4.57. The minimum absolute atomic E-state index is 0.0895. The van der Waals surface area contributed by atoms with Crippen LogP contribution in [0.4, 0.5) is 0 Å². The van der Waals surface area contributed by atoms with Gasteiger partial charge in [-0.25, -0.2) is 0 Å². The predicted octanol–water partition coefficient (Wildman–Crippen LogP) is 1.29. The smallest absolute Gasteiger partial charge is 0.220 e. The van der Waals surface area contributed by atoms with Crippen molar-refractivity contribution < 1.29 is 23.7 Å². The molecule has 0 aliphatic carbocycles. The third-order valence-corrected chi connectivity index (χ3v) is 4.56. The topological polar surface area (TPSA) is 46.2 Å². The Morgan fingerprint density at radius 2 is 2.11 bits per heavy atom. The molecule has 1 unspecified atom stereocenters. The van der Waals surface area contributed by atoms with Gasteiger partial charge < -0.3 is 23.7 Å². The molecule has 5 atom stereocenters. The van der Waals surface area contributed by atoms with Gasteiger partial charge in [0.2, 0.25) is 4.38 Å². The van der Waals surface area contributed by atoms with Crippen LogP contribution in [0.1, 0.15) is 13.8 Å². The zero-order valence-electron chi connectivity index (χ0n) is 10.5. The maximum atomic E-state index is 5.89. The van der Waals surface area contributed by atoms with E-state index in [9.17, 15) is 0 Å². The van der Waals surface area contributed by atoms with Crippen molar-refractivity contribution in [2.75, 3.05) is 12.9 Å². The van der Waals surface area contributed by atoms with Crippen molar-refractivity contribution >= 4 is 28.4 Å². The maximum absolute atomic E-state index is 5.89. The van der Waals surface area contributed by atoms with Crippen LogP contribution in [0.25, 0.3) is 0 Å². The molecule has 0 aromatic rings. The van der Waals surface area contributed by atoms with Crippen LogP contribution in [0.15, 0.2) is 0 Å². The first kappa shape index (κ1) is 13.1. The van der Waals surface area contributed by atoms with Gasteiger partial charge in [-0.3, -0.25) is 0 Å². The fourth-order valence-corrected chi connectivity index (χ4v) is 3.65. The highest BCUT2D eigenvalue weighted by Crippen LogP contribution is 2.41. The summed E-state index contributed by atoms with van der Waals surface area (Å²) in [7, 11) is 1.65. The molecule has 3 saturated heterocycles. The number of fused-ring (bicyclic) bond motifs is 1. The first-order valence-electron chi connectivity index (χ1n) is 5.87. The number of methoxy groups -OCH3 is 1. The Bertz CT molecular complexity index is 361. The lowest BCUT2D eigenvalue weighted by atomic mass is 10.1. The Morgan fingerprint density at radius 3 is 2.72 bits per heavy atom. The van der Waals surface area contributed by atoms with E-state index in [0.717, 1.165) is 5.75 Å². The van der Waals surface area contributed by atoms with E-state index in [1.807, 2.05) is 13.8 Å². The second-order valence-corrected chi connectivity index (χ2v) is 6.61. The van der Waals surface area contributed by atoms with E-state index in [0.29, 0.717) is 4.38 Å². The summed E-state index contributed by atoms with van der Waals surface area (Å²) in [6, 6.07) is 0. The van der Waals surface area contributed by atoms with Crippen LogP contribution in [0.2, 0.25) is 0 Å². The molecular formula is C11H16O5S2. The molecule has 3 rings (SSSR count). The molecule has 3 heterocycles. The van der Waals surface area contributed by atoms with Crippen molar-refractivity contribution in [1.29, 1.82) is 0 Å². The fourth-order valence-electron chi connectivity index (χ4n) is 2.58. The van der Waals surface area contributed by atoms with Crippen molar-refractivity contribution in [1.82, 2.24) is 0 Å². The van der Waals surface area contributed by atoms with Gasteiger partial charge in [0.05, 0.1) is 0 Å². The summed E-state index contributed by atoms with van der Waals surface area (Å²) in [5.41, 5.74) is 0. The standard InChI is InChI=1S/C11H16O5S2/c1-11(2)15-8-7(12-3)6(14-9(8)16-11)5-4-18-10(17)13-5/h5-9H,4H2,1-3H3/t5?,6-,7+,8-,9-/m1/s1. The van der Waals surface area contributed by atoms with Crippen molar-refractivity contribution in [3.8, 4) is 0 Å². The van der Waals surface area contributed by atoms with Gasteiger partial charge in [-0.1, -0.05) is 11.8 Å². The van der Waals surface area contributed by atoms with Crippen LogP contribution in [0.3, 0.4) is 0 Å². The number of ether oxygens (including phenoxy) is 5. The first-order valence-corrected chi connectivity index (χ1v) is 7.27. The van der Waals surface area contributed by atoms with Crippen LogP contribution >= 0.6 is 24.0 Å². The zero-order valence-corrected chi connectivity index (χ0v) is 12.1. The molecule has 0 aromatic carbocycles. The van der Waals surface area contributed by atoms with Crippen LogP contribution in [-0.4, -0.2) is 53.7 Å². The summed E-state index contributed by atoms with van der Waals surface area (Å²) in [6.45, 7) is 3.74. The van der Waals surface area contributed by atoms with Gasteiger partial charge in [0.15, 0.2) is 12.1 Å². The van der Waals surface area contributed by atoms with E-state index >= 15 is 0 Å². The number of rotatable bonds is 2. The highest BCUT2D eigenvalue weighted by atomic mass is 32.2. The molecular weight excluding hydrogens is 276 g/mol. The van der Waals surface area contributed by atoms with E-state index in [-0.39, 0.29) is 24.4 Å². The lowest BCUT2D eigenvalue weighted by Crippen LogP contribution is -2.42. The average molecular weight is 292 g/mol. The highest BCUT2D eigenvalue weighted by Gasteiger charge is 2.58. The van der Waals surface area contributed by atoms with Gasteiger partial charge in [0, 0.05) is 12.9 Å². The molecule has 0 saturated carbocycles. The summed E-state index contributed by atoms with van der Waals surface area (Å²) < 4.78 is 29.1. The summed E-state index contributed by atoms with van der Waals surface area (Å²) in [4.78, 5) is 0. The monoisotopic (exact) mass is 292 g/mol. The lowest BCUT2D eigenvalue weighted by Gasteiger charge is -2.27. The molecule has 3 aliphatic rings. The highest BCUT2D eigenvalue weighted by molar-refractivity contribution is 8.22. The van der Waals surface area contributed by atoms with Crippen LogP contribution in [0, 0.1) is 0 Å². The normalized spacial score (nSPS) is 46.2. The maximum Gasteiger partial charge on any atom is 0.220 e. The van der Waals surface area contributed by atoms with Crippen LogP contribution in [0.5, 0.6) is 0 Å². The van der Waals surface area contributed by atoms with E-state index in [2.05, 4.69) is 0 Å². The van der Waals surface area contributed by atoms with Crippen LogP contribution in [-0.2, 0) is 23.7 Å². The molecule has 7 heteroatoms. The SMILES string of the molecule is CO[C@@H]1[C@H]2OC(C)(C)O[C@H]2O[C@@H]1C1CSC(=S)O1. The van der Waals surface area contributed by atoms with Crippen molar-refractivity contribution in [3.05, 3.63) is 0 Å². The molecule has 0 N–H and O–H groups in total. The number of hydrogen-bond acceptors (Lipinski definition) is 7. The van der Waals surface area contributed by atoms with Crippen molar-refractivity contribution in [2.24, 2.45) is 0 Å². The van der Waals surface area contributed by atoms with Gasteiger partial charge in [-0.15, -0.1) is 0 Å². The molecule has 3 fully saturated rings. The minimum Gasteiger partial charge on any atom is -0.471 e. The fraction of sp³-hybridized carbons (Fsp3) is 0.909. The lowest BCUT2D eigenvalue weighted by molar-refractivity contribution is -0.224. The summed E-state index contributed by atoms with van der Waals surface area (Å²) in [6.07, 6.45) is -1.08. The quantitative estimate of drug-likeness (QED) is 0.711. The van der Waals surface area contributed by atoms with Crippen LogP contribution < -0.4 is 0 Å². The predicted molar refractivity (Wildman–Crippen MR) is 69.4 cm³/mol. The van der Waals surface area contributed by atoms with Gasteiger partial charge in [0.1, 0.15) is 24.4 Å². The van der Waals surface area contributed by atoms with E-state index in [1.54, 1.807) is 7.11 Å². The van der Waals surface area contributed by atoms with E-state index in [4.69, 9.17) is 35.9 Å². The summed E-state index contributed by atoms with van der Waals surface area (Å²) >= 11 is 6.55. The number of thioether (sulfide) groups is 1. The largest absolute Gasteiger partial charge is 0.471 e. The van der Waals surface area contributed by atoms with Crippen molar-refractivity contribution in [2.45, 2.75) is 50.3 Å². The molecule has 3 aliphatic heterocycles. The third-order valence-electron chi connectivity index (χ3n) is 3.28. The molecule has 0 amide bonds. The molecule has 0 bridgehead atoms. The molecule has 5 nitrogen and oxygen atoms in total. The molecule has 0 spiro atoms.